The van der Waals surface area contributed by atoms with Crippen LogP contribution in [0.2, 0.25) is 0 Å². The number of rotatable bonds is 6. The highest BCUT2D eigenvalue weighted by atomic mass is 16.3. The number of nitrogens with zero attached hydrogens (tertiary/aromatic N) is 4. The summed E-state index contributed by atoms with van der Waals surface area (Å²) < 4.78 is 0. The van der Waals surface area contributed by atoms with Crippen molar-refractivity contribution in [1.82, 2.24) is 25.5 Å². The number of aliphatic hydroxyl groups excluding tert-OH is 1. The number of H-pyrrole nitrogens is 1. The average Bonchev–Trinajstić information content (AvgIpc) is 2.89. The van der Waals surface area contributed by atoms with Crippen LogP contribution in [0.1, 0.15) is 23.9 Å². The second kappa shape index (κ2) is 6.23. The van der Waals surface area contributed by atoms with Crippen LogP contribution in [0.15, 0.2) is 30.3 Å². The third-order valence-electron chi connectivity index (χ3n) is 2.90. The summed E-state index contributed by atoms with van der Waals surface area (Å²) in [6.45, 7) is 0.742. The third kappa shape index (κ3) is 3.12. The van der Waals surface area contributed by atoms with Crippen molar-refractivity contribution in [3.8, 4) is 0 Å². The lowest BCUT2D eigenvalue weighted by Crippen LogP contribution is -2.25. The Balaban J connectivity index is 2.09. The van der Waals surface area contributed by atoms with Crippen molar-refractivity contribution < 1.29 is 5.11 Å². The van der Waals surface area contributed by atoms with Crippen molar-refractivity contribution in [3.05, 3.63) is 41.7 Å². The Labute approximate surface area is 106 Å². The maximum Gasteiger partial charge on any atom is 0.188 e. The highest BCUT2D eigenvalue weighted by molar-refractivity contribution is 5.19. The van der Waals surface area contributed by atoms with Crippen LogP contribution in [0, 0.1) is 0 Å². The number of aliphatic hydroxyl groups is 1. The molecule has 0 bridgehead atoms. The highest BCUT2D eigenvalue weighted by Crippen LogP contribution is 2.23. The summed E-state index contributed by atoms with van der Waals surface area (Å²) in [5, 5.41) is 23.1. The molecular formula is C12H17N5O. The van der Waals surface area contributed by atoms with Crippen LogP contribution in [0.5, 0.6) is 0 Å². The summed E-state index contributed by atoms with van der Waals surface area (Å²) in [6.07, 6.45) is 0.679. The number of aromatic amines is 1. The molecule has 1 atom stereocenters. The minimum Gasteiger partial charge on any atom is -0.396 e. The minimum atomic E-state index is 0.148. The summed E-state index contributed by atoms with van der Waals surface area (Å²) in [4.78, 5) is 2.11. The molecule has 0 fully saturated rings. The molecule has 6 heteroatoms. The lowest BCUT2D eigenvalue weighted by Gasteiger charge is -2.26. The van der Waals surface area contributed by atoms with E-state index in [1.807, 2.05) is 25.2 Å². The van der Waals surface area contributed by atoms with E-state index in [1.165, 1.54) is 5.56 Å². The number of benzene rings is 1. The first kappa shape index (κ1) is 12.7. The molecule has 0 saturated carbocycles. The van der Waals surface area contributed by atoms with E-state index in [2.05, 4.69) is 37.7 Å². The predicted octanol–water partition coefficient (Wildman–Crippen LogP) is 0.755. The molecule has 6 nitrogen and oxygen atoms in total. The van der Waals surface area contributed by atoms with E-state index in [0.29, 0.717) is 18.8 Å². The smallest absolute Gasteiger partial charge is 0.188 e. The van der Waals surface area contributed by atoms with Crippen molar-refractivity contribution in [2.24, 2.45) is 0 Å². The summed E-state index contributed by atoms with van der Waals surface area (Å²) in [7, 11) is 1.99. The molecule has 1 unspecified atom stereocenters. The molecule has 1 aromatic heterocycles. The molecule has 0 aliphatic heterocycles. The van der Waals surface area contributed by atoms with Crippen LogP contribution in [0.25, 0.3) is 0 Å². The first-order valence-corrected chi connectivity index (χ1v) is 5.89. The van der Waals surface area contributed by atoms with Crippen LogP contribution in [-0.4, -0.2) is 44.3 Å². The third-order valence-corrected chi connectivity index (χ3v) is 2.90. The number of hydrogen-bond acceptors (Lipinski definition) is 5. The van der Waals surface area contributed by atoms with Gasteiger partial charge in [0, 0.05) is 12.6 Å². The highest BCUT2D eigenvalue weighted by Gasteiger charge is 2.17. The van der Waals surface area contributed by atoms with Gasteiger partial charge in [-0.1, -0.05) is 35.5 Å². The molecular weight excluding hydrogens is 230 g/mol. The molecule has 2 aromatic rings. The molecule has 18 heavy (non-hydrogen) atoms. The van der Waals surface area contributed by atoms with Gasteiger partial charge in [-0.2, -0.15) is 5.21 Å². The first-order valence-electron chi connectivity index (χ1n) is 5.89. The molecule has 0 spiro atoms. The largest absolute Gasteiger partial charge is 0.396 e. The average molecular weight is 247 g/mol. The molecule has 0 radical (unpaired) electrons. The van der Waals surface area contributed by atoms with Gasteiger partial charge in [0.05, 0.1) is 6.54 Å². The van der Waals surface area contributed by atoms with Gasteiger partial charge in [-0.15, -0.1) is 10.2 Å². The van der Waals surface area contributed by atoms with Crippen molar-refractivity contribution >= 4 is 0 Å². The van der Waals surface area contributed by atoms with Gasteiger partial charge in [0.25, 0.3) is 0 Å². The van der Waals surface area contributed by atoms with Gasteiger partial charge >= 0.3 is 0 Å². The van der Waals surface area contributed by atoms with Crippen molar-refractivity contribution in [2.45, 2.75) is 19.0 Å². The van der Waals surface area contributed by atoms with E-state index in [4.69, 9.17) is 0 Å². The summed E-state index contributed by atoms with van der Waals surface area (Å²) in [5.41, 5.74) is 1.18. The molecule has 0 aliphatic rings. The number of tetrazole rings is 1. The zero-order valence-electron chi connectivity index (χ0n) is 10.3. The summed E-state index contributed by atoms with van der Waals surface area (Å²) in [6, 6.07) is 10.3. The monoisotopic (exact) mass is 247 g/mol. The quantitative estimate of drug-likeness (QED) is 0.787. The fourth-order valence-corrected chi connectivity index (χ4v) is 2.02. The van der Waals surface area contributed by atoms with Gasteiger partial charge in [0.2, 0.25) is 0 Å². The van der Waals surface area contributed by atoms with Gasteiger partial charge in [0.1, 0.15) is 0 Å². The molecule has 0 saturated heterocycles. The Bertz CT molecular complexity index is 445. The van der Waals surface area contributed by atoms with Crippen molar-refractivity contribution in [3.63, 3.8) is 0 Å². The van der Waals surface area contributed by atoms with Crippen LogP contribution in [0.4, 0.5) is 0 Å². The Kier molecular flexibility index (Phi) is 4.38. The van der Waals surface area contributed by atoms with E-state index in [9.17, 15) is 5.11 Å². The van der Waals surface area contributed by atoms with E-state index >= 15 is 0 Å². The lowest BCUT2D eigenvalue weighted by molar-refractivity contribution is 0.177. The molecule has 1 aromatic carbocycles. The van der Waals surface area contributed by atoms with Gasteiger partial charge in [-0.3, -0.25) is 4.90 Å². The fourth-order valence-electron chi connectivity index (χ4n) is 2.02. The minimum absolute atomic E-state index is 0.148. The fraction of sp³-hybridized carbons (Fsp3) is 0.417. The first-order chi connectivity index (χ1) is 8.81. The standard InChI is InChI=1S/C12H17N5O/c1-17(9-12-13-15-16-14-12)11(7-8-18)10-5-3-2-4-6-10/h2-6,11,18H,7-9H2,1H3,(H,13,14,15,16). The van der Waals surface area contributed by atoms with Crippen LogP contribution in [0.3, 0.4) is 0 Å². The SMILES string of the molecule is CN(Cc1nn[nH]n1)C(CCO)c1ccccc1. The maximum atomic E-state index is 9.20. The second-order valence-corrected chi connectivity index (χ2v) is 4.18. The Morgan fingerprint density at radius 1 is 1.33 bits per heavy atom. The topological polar surface area (TPSA) is 77.9 Å². The number of nitrogens with one attached hydrogen (secondary N) is 1. The molecule has 0 aliphatic carbocycles. The van der Waals surface area contributed by atoms with Crippen LogP contribution in [-0.2, 0) is 6.54 Å². The van der Waals surface area contributed by atoms with Crippen molar-refractivity contribution in [2.75, 3.05) is 13.7 Å². The number of aromatic nitrogens is 4. The van der Waals surface area contributed by atoms with Crippen molar-refractivity contribution in [1.29, 1.82) is 0 Å². The predicted molar refractivity (Wildman–Crippen MR) is 66.5 cm³/mol. The van der Waals surface area contributed by atoms with E-state index in [-0.39, 0.29) is 12.6 Å². The molecule has 96 valence electrons. The summed E-state index contributed by atoms with van der Waals surface area (Å²) in [5.74, 6) is 0.649. The number of hydrogen-bond donors (Lipinski definition) is 2. The van der Waals surface area contributed by atoms with Crippen LogP contribution < -0.4 is 0 Å². The van der Waals surface area contributed by atoms with E-state index in [1.54, 1.807) is 0 Å². The molecule has 2 rings (SSSR count). The normalized spacial score (nSPS) is 12.8. The maximum absolute atomic E-state index is 9.20. The Morgan fingerprint density at radius 2 is 2.11 bits per heavy atom. The molecule has 1 heterocycles. The summed E-state index contributed by atoms with van der Waals surface area (Å²) >= 11 is 0. The zero-order valence-corrected chi connectivity index (χ0v) is 10.3. The molecule has 2 N–H and O–H groups in total. The van der Waals surface area contributed by atoms with Gasteiger partial charge in [-0.05, 0) is 19.0 Å². The lowest BCUT2D eigenvalue weighted by atomic mass is 10.0. The van der Waals surface area contributed by atoms with Gasteiger partial charge in [0.15, 0.2) is 5.82 Å². The second-order valence-electron chi connectivity index (χ2n) is 4.18. The molecule has 0 amide bonds. The van der Waals surface area contributed by atoms with E-state index in [0.717, 1.165) is 0 Å². The van der Waals surface area contributed by atoms with Gasteiger partial charge < -0.3 is 5.11 Å². The zero-order chi connectivity index (χ0) is 12.8. The van der Waals surface area contributed by atoms with Gasteiger partial charge in [-0.25, -0.2) is 0 Å². The Hall–Kier alpha value is -1.79. The van der Waals surface area contributed by atoms with Crippen LogP contribution >= 0.6 is 0 Å². The van der Waals surface area contributed by atoms with E-state index < -0.39 is 0 Å². The Morgan fingerprint density at radius 3 is 2.72 bits per heavy atom.